The van der Waals surface area contributed by atoms with Crippen molar-refractivity contribution in [2.75, 3.05) is 6.61 Å². The van der Waals surface area contributed by atoms with Gasteiger partial charge >= 0.3 is 0 Å². The van der Waals surface area contributed by atoms with Gasteiger partial charge in [0.05, 0.1) is 17.7 Å². The number of aromatic amines is 1. The van der Waals surface area contributed by atoms with Crippen molar-refractivity contribution in [3.05, 3.63) is 70.0 Å². The SMILES string of the molecule is CC1(C)Oc2c(c(=O)[nH]c3ccccc23)[C@@H]2c3ccccc3OC[C@@H]21. The van der Waals surface area contributed by atoms with Crippen molar-refractivity contribution in [1.82, 2.24) is 4.98 Å². The lowest BCUT2D eigenvalue weighted by atomic mass is 9.70. The molecule has 2 aliphatic rings. The van der Waals surface area contributed by atoms with Crippen LogP contribution in [-0.2, 0) is 0 Å². The summed E-state index contributed by atoms with van der Waals surface area (Å²) in [5, 5.41) is 0.951. The van der Waals surface area contributed by atoms with Gasteiger partial charge in [-0.3, -0.25) is 4.79 Å². The van der Waals surface area contributed by atoms with Gasteiger partial charge in [-0.05, 0) is 32.0 Å². The molecule has 0 spiro atoms. The number of hydrogen-bond donors (Lipinski definition) is 1. The molecule has 2 atom stereocenters. The third-order valence-electron chi connectivity index (χ3n) is 5.55. The van der Waals surface area contributed by atoms with Gasteiger partial charge in [0.1, 0.15) is 17.1 Å². The van der Waals surface area contributed by atoms with Crippen molar-refractivity contribution >= 4 is 10.9 Å². The number of benzene rings is 2. The molecule has 5 rings (SSSR count). The molecular formula is C21H19NO3. The van der Waals surface area contributed by atoms with Crippen LogP contribution in [0.3, 0.4) is 0 Å². The first-order valence-corrected chi connectivity index (χ1v) is 8.62. The van der Waals surface area contributed by atoms with E-state index in [-0.39, 0.29) is 17.4 Å². The quantitative estimate of drug-likeness (QED) is 0.680. The van der Waals surface area contributed by atoms with E-state index >= 15 is 0 Å². The highest BCUT2D eigenvalue weighted by Crippen LogP contribution is 2.52. The molecule has 0 bridgehead atoms. The molecule has 1 N–H and O–H groups in total. The first-order chi connectivity index (χ1) is 12.1. The predicted octanol–water partition coefficient (Wildman–Crippen LogP) is 3.84. The molecule has 1 aromatic heterocycles. The second kappa shape index (κ2) is 4.88. The Balaban J connectivity index is 1.88. The Bertz CT molecular complexity index is 1050. The fraction of sp³-hybridized carbons (Fsp3) is 0.286. The zero-order valence-corrected chi connectivity index (χ0v) is 14.2. The lowest BCUT2D eigenvalue weighted by molar-refractivity contribution is -0.0128. The fourth-order valence-corrected chi connectivity index (χ4v) is 4.28. The summed E-state index contributed by atoms with van der Waals surface area (Å²) in [6.45, 7) is 4.71. The molecule has 0 amide bonds. The Morgan fingerprint density at radius 3 is 2.72 bits per heavy atom. The number of hydrogen-bond acceptors (Lipinski definition) is 3. The van der Waals surface area contributed by atoms with Gasteiger partial charge in [0.2, 0.25) is 0 Å². The highest BCUT2D eigenvalue weighted by Gasteiger charge is 2.49. The first-order valence-electron chi connectivity index (χ1n) is 8.62. The number of rotatable bonds is 0. The minimum Gasteiger partial charge on any atom is -0.493 e. The number of pyridine rings is 1. The average Bonchev–Trinajstić information content (AvgIpc) is 2.61. The van der Waals surface area contributed by atoms with Crippen LogP contribution in [0.25, 0.3) is 10.9 Å². The Hall–Kier alpha value is -2.75. The largest absolute Gasteiger partial charge is 0.493 e. The predicted molar refractivity (Wildman–Crippen MR) is 96.5 cm³/mol. The molecule has 25 heavy (non-hydrogen) atoms. The van der Waals surface area contributed by atoms with E-state index in [9.17, 15) is 4.79 Å². The van der Waals surface area contributed by atoms with Crippen molar-refractivity contribution in [1.29, 1.82) is 0 Å². The molecule has 2 aromatic carbocycles. The van der Waals surface area contributed by atoms with E-state index < -0.39 is 5.60 Å². The molecular weight excluding hydrogens is 314 g/mol. The summed E-state index contributed by atoms with van der Waals surface area (Å²) in [7, 11) is 0. The zero-order chi connectivity index (χ0) is 17.2. The minimum atomic E-state index is -0.429. The molecule has 0 radical (unpaired) electrons. The van der Waals surface area contributed by atoms with Gasteiger partial charge in [-0.1, -0.05) is 30.3 Å². The van der Waals surface area contributed by atoms with Gasteiger partial charge in [0, 0.05) is 22.8 Å². The van der Waals surface area contributed by atoms with Gasteiger partial charge in [-0.2, -0.15) is 0 Å². The number of fused-ring (bicyclic) bond motifs is 7. The van der Waals surface area contributed by atoms with Crippen LogP contribution in [0.1, 0.15) is 30.9 Å². The van der Waals surface area contributed by atoms with Crippen molar-refractivity contribution < 1.29 is 9.47 Å². The maximum Gasteiger partial charge on any atom is 0.256 e. The molecule has 0 aliphatic carbocycles. The number of ether oxygens (including phenoxy) is 2. The van der Waals surface area contributed by atoms with Gasteiger partial charge in [0.15, 0.2) is 0 Å². The lowest BCUT2D eigenvalue weighted by Crippen LogP contribution is -2.50. The summed E-state index contributed by atoms with van der Waals surface area (Å²) in [6, 6.07) is 15.8. The van der Waals surface area contributed by atoms with Crippen LogP contribution in [0.2, 0.25) is 0 Å². The standard InChI is InChI=1S/C21H19NO3/c1-21(2)14-11-24-16-10-6-4-8-13(16)17(14)18-19(25-21)12-7-3-5-9-15(12)22-20(18)23/h3-10,14,17H,11H2,1-2H3,(H,22,23)/t14-,17+/m0/s1. The highest BCUT2D eigenvalue weighted by molar-refractivity contribution is 5.87. The van der Waals surface area contributed by atoms with Crippen LogP contribution in [0.5, 0.6) is 11.5 Å². The third-order valence-corrected chi connectivity index (χ3v) is 5.55. The second-order valence-electron chi connectivity index (χ2n) is 7.38. The average molecular weight is 333 g/mol. The van der Waals surface area contributed by atoms with Crippen LogP contribution in [-0.4, -0.2) is 17.2 Å². The molecule has 4 heteroatoms. The van der Waals surface area contributed by atoms with E-state index in [1.165, 1.54) is 0 Å². The monoisotopic (exact) mass is 333 g/mol. The lowest BCUT2D eigenvalue weighted by Gasteiger charge is -2.47. The highest BCUT2D eigenvalue weighted by atomic mass is 16.5. The number of para-hydroxylation sites is 2. The van der Waals surface area contributed by atoms with Crippen molar-refractivity contribution in [2.45, 2.75) is 25.4 Å². The summed E-state index contributed by atoms with van der Waals surface area (Å²) in [5.41, 5.74) is 2.09. The second-order valence-corrected chi connectivity index (χ2v) is 7.38. The van der Waals surface area contributed by atoms with Crippen LogP contribution >= 0.6 is 0 Å². The van der Waals surface area contributed by atoms with Crippen LogP contribution in [0.15, 0.2) is 53.3 Å². The van der Waals surface area contributed by atoms with Crippen LogP contribution in [0.4, 0.5) is 0 Å². The topological polar surface area (TPSA) is 51.3 Å². The van der Waals surface area contributed by atoms with E-state index in [1.54, 1.807) is 0 Å². The summed E-state index contributed by atoms with van der Waals surface area (Å²) >= 11 is 0. The van der Waals surface area contributed by atoms with Gasteiger partial charge in [-0.25, -0.2) is 0 Å². The van der Waals surface area contributed by atoms with Crippen molar-refractivity contribution in [3.63, 3.8) is 0 Å². The van der Waals surface area contributed by atoms with Crippen LogP contribution in [0, 0.1) is 5.92 Å². The van der Waals surface area contributed by atoms with Gasteiger partial charge in [0.25, 0.3) is 5.56 Å². The van der Waals surface area contributed by atoms with Gasteiger partial charge in [-0.15, -0.1) is 0 Å². The van der Waals surface area contributed by atoms with E-state index in [0.717, 1.165) is 27.8 Å². The fourth-order valence-electron chi connectivity index (χ4n) is 4.28. The molecule has 0 saturated heterocycles. The molecule has 0 unspecified atom stereocenters. The third kappa shape index (κ3) is 1.97. The Kier molecular flexibility index (Phi) is 2.85. The first kappa shape index (κ1) is 14.6. The summed E-state index contributed by atoms with van der Waals surface area (Å²) in [6.07, 6.45) is 0. The van der Waals surface area contributed by atoms with E-state index in [4.69, 9.17) is 9.47 Å². The molecule has 4 nitrogen and oxygen atoms in total. The van der Waals surface area contributed by atoms with Crippen molar-refractivity contribution in [2.24, 2.45) is 5.92 Å². The number of nitrogens with one attached hydrogen (secondary N) is 1. The Morgan fingerprint density at radius 2 is 1.84 bits per heavy atom. The van der Waals surface area contributed by atoms with E-state index in [2.05, 4.69) is 24.9 Å². The number of H-pyrrole nitrogens is 1. The summed E-state index contributed by atoms with van der Waals surface area (Å²) < 4.78 is 12.4. The summed E-state index contributed by atoms with van der Waals surface area (Å²) in [5.74, 6) is 1.62. The molecule has 126 valence electrons. The smallest absolute Gasteiger partial charge is 0.256 e. The molecule has 3 heterocycles. The normalized spacial score (nSPS) is 23.0. The van der Waals surface area contributed by atoms with E-state index in [0.29, 0.717) is 12.4 Å². The minimum absolute atomic E-state index is 0.0305. The van der Waals surface area contributed by atoms with Gasteiger partial charge < -0.3 is 14.5 Å². The zero-order valence-electron chi connectivity index (χ0n) is 14.2. The maximum atomic E-state index is 13.0. The van der Waals surface area contributed by atoms with Crippen LogP contribution < -0.4 is 15.0 Å². The summed E-state index contributed by atoms with van der Waals surface area (Å²) in [4.78, 5) is 16.0. The molecule has 0 fully saturated rings. The van der Waals surface area contributed by atoms with Crippen molar-refractivity contribution in [3.8, 4) is 11.5 Å². The maximum absolute atomic E-state index is 13.0. The molecule has 0 saturated carbocycles. The number of aromatic nitrogens is 1. The molecule has 2 aliphatic heterocycles. The van der Waals surface area contributed by atoms with E-state index in [1.807, 2.05) is 42.5 Å². The Morgan fingerprint density at radius 1 is 1.08 bits per heavy atom. The molecule has 3 aromatic rings. The Labute approximate surface area is 145 Å².